The van der Waals surface area contributed by atoms with Gasteiger partial charge in [-0.3, -0.25) is 14.6 Å². The highest BCUT2D eigenvalue weighted by Crippen LogP contribution is 2.43. The third-order valence-corrected chi connectivity index (χ3v) is 9.33. The van der Waals surface area contributed by atoms with Crippen LogP contribution < -0.4 is 20.7 Å². The highest BCUT2D eigenvalue weighted by atomic mass is 16.5. The Labute approximate surface area is 311 Å². The van der Waals surface area contributed by atoms with Crippen molar-refractivity contribution in [2.24, 2.45) is 10.9 Å². The van der Waals surface area contributed by atoms with E-state index in [1.807, 2.05) is 25.1 Å². The molecule has 14 nitrogen and oxygen atoms in total. The summed E-state index contributed by atoms with van der Waals surface area (Å²) in [6.45, 7) is 7.02. The number of fused-ring (bicyclic) bond motifs is 4. The number of nitrogens with zero attached hydrogens (tertiary/aromatic N) is 4. The number of hydrogen-bond acceptors (Lipinski definition) is 10. The van der Waals surface area contributed by atoms with Crippen molar-refractivity contribution in [1.29, 1.82) is 0 Å². The van der Waals surface area contributed by atoms with Crippen LogP contribution >= 0.6 is 0 Å². The van der Waals surface area contributed by atoms with Gasteiger partial charge in [-0.2, -0.15) is 0 Å². The zero-order valence-corrected chi connectivity index (χ0v) is 31.6. The number of likely N-dealkylation sites (N-methyl/N-ethyl adjacent to an activating group) is 1. The number of carbonyl (C=O) groups is 3. The van der Waals surface area contributed by atoms with Crippen molar-refractivity contribution in [2.45, 2.75) is 46.3 Å². The predicted octanol–water partition coefficient (Wildman–Crippen LogP) is 3.97. The van der Waals surface area contributed by atoms with Gasteiger partial charge in [-0.25, -0.2) is 9.78 Å². The fraction of sp³-hybridized carbons (Fsp3) is 0.462. The van der Waals surface area contributed by atoms with E-state index in [0.717, 1.165) is 69.9 Å². The van der Waals surface area contributed by atoms with Crippen molar-refractivity contribution in [3.63, 3.8) is 0 Å². The molecule has 0 spiro atoms. The Morgan fingerprint density at radius 2 is 1.85 bits per heavy atom. The number of hydrogen-bond donors (Lipinski definition) is 4. The highest BCUT2D eigenvalue weighted by Gasteiger charge is 2.26. The van der Waals surface area contributed by atoms with Gasteiger partial charge in [-0.15, -0.1) is 0 Å². The van der Waals surface area contributed by atoms with Crippen LogP contribution in [0.15, 0.2) is 47.2 Å². The second kappa shape index (κ2) is 18.5. The molecule has 3 aromatic rings. The number of aromatic nitrogens is 2. The Hall–Kier alpha value is -5.21. The molecule has 4 N–H and O–H groups in total. The number of benzene rings is 2. The number of alkyl carbamates (subject to hydrolysis) is 1. The van der Waals surface area contributed by atoms with E-state index in [2.05, 4.69) is 67.9 Å². The average Bonchev–Trinajstić information content (AvgIpc) is 3.63. The Bertz CT molecular complexity index is 1840. The molecule has 14 heteroatoms. The number of ether oxygens (including phenoxy) is 3. The van der Waals surface area contributed by atoms with E-state index in [9.17, 15) is 14.4 Å². The molecule has 1 aliphatic heterocycles. The standard InChI is InChI=1S/C39H52N8O6/c1-7-13-46(37(49)20-44-39(50)52-6)22-35-43-18-33(45-35)27-8-10-29-28(15-27)24-53-34-17-30-26(16-31(29)34)9-11-32(38(30)41-4)42-12-14-47(36(48)19-40-3)21-25(2)23-51-5/h8,10,12,15-18,25,40-41H,7,9,11,13-14,19-24H2,1-6H3,(H,43,45)(H,44,50)/b42-12+/t25-/m1/s1. The summed E-state index contributed by atoms with van der Waals surface area (Å²) in [6, 6.07) is 10.7. The summed E-state index contributed by atoms with van der Waals surface area (Å²) in [5, 5.41) is 8.79. The largest absolute Gasteiger partial charge is 0.488 e. The van der Waals surface area contributed by atoms with Crippen molar-refractivity contribution in [3.8, 4) is 28.1 Å². The molecule has 53 heavy (non-hydrogen) atoms. The maximum Gasteiger partial charge on any atom is 0.407 e. The number of amides is 3. The lowest BCUT2D eigenvalue weighted by molar-refractivity contribution is -0.131. The summed E-state index contributed by atoms with van der Waals surface area (Å²) < 4.78 is 16.2. The summed E-state index contributed by atoms with van der Waals surface area (Å²) in [5.74, 6) is 1.49. The first-order chi connectivity index (χ1) is 25.7. The van der Waals surface area contributed by atoms with Crippen LogP contribution in [0.4, 0.5) is 4.79 Å². The van der Waals surface area contributed by atoms with Gasteiger partial charge in [0.25, 0.3) is 0 Å². The van der Waals surface area contributed by atoms with E-state index in [1.54, 1.807) is 25.3 Å². The molecule has 0 saturated heterocycles. The number of allylic oxidation sites excluding steroid dienone is 1. The van der Waals surface area contributed by atoms with Gasteiger partial charge in [0, 0.05) is 44.6 Å². The van der Waals surface area contributed by atoms with E-state index in [1.165, 1.54) is 12.7 Å². The van der Waals surface area contributed by atoms with Crippen LogP contribution in [0.3, 0.4) is 0 Å². The monoisotopic (exact) mass is 728 g/mol. The number of rotatable bonds is 17. The van der Waals surface area contributed by atoms with E-state index in [-0.39, 0.29) is 30.8 Å². The minimum Gasteiger partial charge on any atom is -0.488 e. The molecule has 3 amide bonds. The van der Waals surface area contributed by atoms with Gasteiger partial charge in [-0.1, -0.05) is 26.0 Å². The van der Waals surface area contributed by atoms with Crippen LogP contribution in [0.25, 0.3) is 28.1 Å². The number of methoxy groups -OCH3 is 2. The zero-order chi connectivity index (χ0) is 37.9. The van der Waals surface area contributed by atoms with Crippen molar-refractivity contribution in [2.75, 3.05) is 67.6 Å². The molecule has 2 aliphatic rings. The Morgan fingerprint density at radius 3 is 2.58 bits per heavy atom. The number of nitrogens with one attached hydrogen (secondary N) is 4. The van der Waals surface area contributed by atoms with E-state index in [0.29, 0.717) is 45.2 Å². The first-order valence-corrected chi connectivity index (χ1v) is 18.1. The molecule has 0 fully saturated rings. The number of H-pyrrole nitrogens is 1. The number of aryl methyl sites for hydroxylation is 1. The third kappa shape index (κ3) is 9.62. The smallest absolute Gasteiger partial charge is 0.407 e. The van der Waals surface area contributed by atoms with E-state index < -0.39 is 6.09 Å². The Morgan fingerprint density at radius 1 is 1.04 bits per heavy atom. The third-order valence-electron chi connectivity index (χ3n) is 9.33. The maximum atomic E-state index is 12.8. The SMILES string of the molecule is CCCN(Cc1ncc(-c2ccc3c(c2)COc2cc4c(cc2-3)CCC(/N=C/CN(C[C@@H](C)COC)C(=O)CNC)=C4NC)[nH]1)C(=O)CNC(=O)OC. The van der Waals surface area contributed by atoms with Gasteiger partial charge < -0.3 is 44.9 Å². The predicted molar refractivity (Wildman–Crippen MR) is 204 cm³/mol. The molecule has 5 rings (SSSR count). The van der Waals surface area contributed by atoms with Crippen molar-refractivity contribution < 1.29 is 28.6 Å². The molecular weight excluding hydrogens is 676 g/mol. The average molecular weight is 729 g/mol. The topological polar surface area (TPSA) is 163 Å². The summed E-state index contributed by atoms with van der Waals surface area (Å²) >= 11 is 0. The minimum atomic E-state index is -0.647. The van der Waals surface area contributed by atoms with Gasteiger partial charge >= 0.3 is 6.09 Å². The lowest BCUT2D eigenvalue weighted by Crippen LogP contribution is -2.41. The van der Waals surface area contributed by atoms with Crippen LogP contribution in [0.2, 0.25) is 0 Å². The molecule has 1 aromatic heterocycles. The molecule has 1 aliphatic carbocycles. The van der Waals surface area contributed by atoms with Crippen molar-refractivity contribution >= 4 is 29.8 Å². The van der Waals surface area contributed by atoms with Gasteiger partial charge in [0.1, 0.15) is 24.7 Å². The van der Waals surface area contributed by atoms with Gasteiger partial charge in [0.05, 0.1) is 56.6 Å². The van der Waals surface area contributed by atoms with E-state index in [4.69, 9.17) is 14.5 Å². The van der Waals surface area contributed by atoms with Gasteiger partial charge in [0.15, 0.2) is 0 Å². The highest BCUT2D eigenvalue weighted by molar-refractivity contribution is 5.85. The first kappa shape index (κ1) is 39.0. The summed E-state index contributed by atoms with van der Waals surface area (Å²) in [7, 11) is 6.62. The summed E-state index contributed by atoms with van der Waals surface area (Å²) in [4.78, 5) is 53.2. The molecule has 0 saturated carbocycles. The van der Waals surface area contributed by atoms with Crippen LogP contribution in [0, 0.1) is 5.92 Å². The quantitative estimate of drug-likeness (QED) is 0.151. The normalized spacial score (nSPS) is 13.8. The Kier molecular flexibility index (Phi) is 13.6. The van der Waals surface area contributed by atoms with Crippen LogP contribution in [-0.2, 0) is 38.6 Å². The molecule has 284 valence electrons. The molecule has 2 heterocycles. The molecule has 2 aromatic carbocycles. The fourth-order valence-electron chi connectivity index (χ4n) is 6.80. The zero-order valence-electron chi connectivity index (χ0n) is 31.6. The second-order valence-electron chi connectivity index (χ2n) is 13.3. The molecule has 0 radical (unpaired) electrons. The lowest BCUT2D eigenvalue weighted by atomic mass is 9.86. The Balaban J connectivity index is 1.31. The van der Waals surface area contributed by atoms with Crippen LogP contribution in [0.1, 0.15) is 49.2 Å². The summed E-state index contributed by atoms with van der Waals surface area (Å²) in [5.41, 5.74) is 9.27. The first-order valence-electron chi connectivity index (χ1n) is 18.1. The fourth-order valence-corrected chi connectivity index (χ4v) is 6.80. The molecule has 0 bridgehead atoms. The lowest BCUT2D eigenvalue weighted by Gasteiger charge is -2.27. The second-order valence-corrected chi connectivity index (χ2v) is 13.3. The minimum absolute atomic E-state index is 0.0270. The number of imidazole rings is 1. The number of carbonyl (C=O) groups excluding carboxylic acids is 3. The summed E-state index contributed by atoms with van der Waals surface area (Å²) in [6.07, 6.45) is 5.32. The van der Waals surface area contributed by atoms with Crippen LogP contribution in [-0.4, -0.2) is 112 Å². The van der Waals surface area contributed by atoms with Crippen LogP contribution in [0.5, 0.6) is 5.75 Å². The van der Waals surface area contributed by atoms with E-state index >= 15 is 0 Å². The maximum absolute atomic E-state index is 12.8. The molecular formula is C39H52N8O6. The van der Waals surface area contributed by atoms with Crippen molar-refractivity contribution in [1.82, 2.24) is 35.7 Å². The number of aliphatic imine (C=N–C) groups is 1. The number of aromatic amines is 1. The molecule has 0 unspecified atom stereocenters. The van der Waals surface area contributed by atoms with Gasteiger partial charge in [0.2, 0.25) is 11.8 Å². The van der Waals surface area contributed by atoms with Crippen molar-refractivity contribution in [3.05, 3.63) is 64.7 Å². The molecule has 1 atom stereocenters. The van der Waals surface area contributed by atoms with Gasteiger partial charge in [-0.05, 0) is 72.7 Å².